The van der Waals surface area contributed by atoms with Crippen LogP contribution < -0.4 is 0 Å². The van der Waals surface area contributed by atoms with Gasteiger partial charge in [-0.1, -0.05) is 0 Å². The van der Waals surface area contributed by atoms with Gasteiger partial charge in [-0.05, 0) is 12.5 Å². The molecule has 0 unspecified atom stereocenters. The number of hydrogen-bond donors (Lipinski definition) is 0. The minimum atomic E-state index is 0.635. The fraction of sp³-hybridized carbons (Fsp3) is 0.600. The van der Waals surface area contributed by atoms with E-state index in [9.17, 15) is 0 Å². The Hall–Kier alpha value is 0.580. The Labute approximate surface area is 70.8 Å². The normalized spacial score (nSPS) is 19.0. The van der Waals surface area contributed by atoms with Gasteiger partial charge >= 0.3 is 0 Å². The lowest BCUT2D eigenvalue weighted by Crippen LogP contribution is -2.05. The van der Waals surface area contributed by atoms with Crippen molar-refractivity contribution in [3.05, 3.63) is 11.8 Å². The van der Waals surface area contributed by atoms with Crippen LogP contribution in [0.15, 0.2) is 11.8 Å². The first-order valence-electron chi connectivity index (χ1n) is 2.65. The Morgan fingerprint density at radius 1 is 1.78 bits per heavy atom. The fourth-order valence-electron chi connectivity index (χ4n) is 0.633. The molecule has 0 aromatic carbocycles. The van der Waals surface area contributed by atoms with Crippen LogP contribution in [-0.4, -0.2) is 13.2 Å². The highest BCUT2D eigenvalue weighted by atomic mass is 127. The van der Waals surface area contributed by atoms with Crippen LogP contribution in [-0.2, 0) is 8.92 Å². The van der Waals surface area contributed by atoms with Crippen molar-refractivity contribution in [1.29, 1.82) is 0 Å². The molecule has 0 saturated heterocycles. The van der Waals surface area contributed by atoms with E-state index in [1.807, 2.05) is 0 Å². The van der Waals surface area contributed by atoms with E-state index in [1.54, 1.807) is 0 Å². The Kier molecular flexibility index (Phi) is 3.76. The molecule has 0 bridgehead atoms. The van der Waals surface area contributed by atoms with Crippen molar-refractivity contribution < 1.29 is 8.92 Å². The van der Waals surface area contributed by atoms with Gasteiger partial charge in [0.05, 0.1) is 6.61 Å². The van der Waals surface area contributed by atoms with Crippen LogP contribution in [0.2, 0.25) is 0 Å². The molecule has 0 aromatic rings. The summed E-state index contributed by atoms with van der Waals surface area (Å²) in [7, 11) is 1.33. The molecule has 0 aromatic heterocycles. The van der Waals surface area contributed by atoms with Gasteiger partial charge in [-0.2, -0.15) is 0 Å². The van der Waals surface area contributed by atoms with E-state index < -0.39 is 0 Å². The van der Waals surface area contributed by atoms with Crippen LogP contribution in [0.4, 0.5) is 0 Å². The number of hydrogen-bond acceptors (Lipinski definition) is 3. The van der Waals surface area contributed by atoms with Crippen molar-refractivity contribution in [3.63, 3.8) is 0 Å². The summed E-state index contributed by atoms with van der Waals surface area (Å²) in [5, 5.41) is 0. The van der Waals surface area contributed by atoms with Gasteiger partial charge in [0.15, 0.2) is 0 Å². The van der Waals surface area contributed by atoms with E-state index in [1.165, 1.54) is 9.21 Å². The summed E-state index contributed by atoms with van der Waals surface area (Å²) in [6.45, 7) is 1.47. The smallest absolute Gasteiger partial charge is 0.137 e. The Balaban J connectivity index is 2.28. The summed E-state index contributed by atoms with van der Waals surface area (Å²) < 4.78 is 10.2. The van der Waals surface area contributed by atoms with Gasteiger partial charge in [-0.15, -0.1) is 0 Å². The van der Waals surface area contributed by atoms with Crippen molar-refractivity contribution in [1.82, 2.24) is 0 Å². The maximum absolute atomic E-state index is 5.12. The summed E-state index contributed by atoms with van der Waals surface area (Å²) in [6, 6.07) is 0. The fourth-order valence-corrected chi connectivity index (χ4v) is 1.52. The van der Waals surface area contributed by atoms with Crippen LogP contribution in [0, 0.1) is 0 Å². The first kappa shape index (κ1) is 7.68. The molecule has 0 radical (unpaired) electrons. The highest BCUT2D eigenvalue weighted by molar-refractivity contribution is 14.2. The third-order valence-corrected chi connectivity index (χ3v) is 1.83. The van der Waals surface area contributed by atoms with Crippen molar-refractivity contribution in [3.8, 4) is 0 Å². The Morgan fingerprint density at radius 2 is 2.67 bits per heavy atom. The molecular formula is C5H7IO2S. The molecule has 2 nitrogen and oxygen atoms in total. The van der Waals surface area contributed by atoms with Crippen molar-refractivity contribution in [2.45, 2.75) is 6.42 Å². The van der Waals surface area contributed by atoms with Crippen molar-refractivity contribution in [2.24, 2.45) is 0 Å². The molecule has 1 rings (SSSR count). The maximum Gasteiger partial charge on any atom is 0.137 e. The van der Waals surface area contributed by atoms with Gasteiger partial charge in [-0.3, -0.25) is 0 Å². The lowest BCUT2D eigenvalue weighted by molar-refractivity contribution is 0.126. The molecule has 0 N–H and O–H groups in total. The third-order valence-electron chi connectivity index (χ3n) is 1.02. The van der Waals surface area contributed by atoms with E-state index in [0.29, 0.717) is 6.61 Å². The molecule has 0 saturated carbocycles. The van der Waals surface area contributed by atoms with Crippen LogP contribution in [0.1, 0.15) is 6.42 Å². The lowest BCUT2D eigenvalue weighted by Gasteiger charge is -2.10. The minimum Gasteiger partial charge on any atom is -0.417 e. The zero-order chi connectivity index (χ0) is 6.53. The number of rotatable bonds is 2. The quantitative estimate of drug-likeness (QED) is 0.559. The second-order valence-corrected chi connectivity index (χ2v) is 3.03. The highest BCUT2D eigenvalue weighted by Gasteiger charge is 2.03. The summed E-state index contributed by atoms with van der Waals surface area (Å²) in [6.07, 6.45) is 3.04. The third kappa shape index (κ3) is 2.77. The number of ether oxygens (including phenoxy) is 1. The molecule has 0 atom stereocenters. The van der Waals surface area contributed by atoms with E-state index in [2.05, 4.69) is 27.3 Å². The second kappa shape index (κ2) is 4.40. The monoisotopic (exact) mass is 258 g/mol. The number of halogens is 1. The minimum absolute atomic E-state index is 0.635. The van der Waals surface area contributed by atoms with Gasteiger partial charge in [0.1, 0.15) is 21.6 Å². The SMILES string of the molecule is ISOC1=CCCOC1. The van der Waals surface area contributed by atoms with E-state index >= 15 is 0 Å². The zero-order valence-corrected chi connectivity index (χ0v) is 7.78. The lowest BCUT2D eigenvalue weighted by atomic mass is 10.3. The summed E-state index contributed by atoms with van der Waals surface area (Å²) >= 11 is 2.09. The van der Waals surface area contributed by atoms with E-state index in [4.69, 9.17) is 8.92 Å². The van der Waals surface area contributed by atoms with E-state index in [0.717, 1.165) is 18.8 Å². The largest absolute Gasteiger partial charge is 0.417 e. The van der Waals surface area contributed by atoms with Crippen LogP contribution in [0.3, 0.4) is 0 Å². The summed E-state index contributed by atoms with van der Waals surface area (Å²) in [4.78, 5) is 0. The van der Waals surface area contributed by atoms with Gasteiger partial charge in [0, 0.05) is 21.2 Å². The van der Waals surface area contributed by atoms with Gasteiger partial charge in [0.25, 0.3) is 0 Å². The average Bonchev–Trinajstić information content (AvgIpc) is 1.91. The molecule has 0 spiro atoms. The molecule has 9 heavy (non-hydrogen) atoms. The maximum atomic E-state index is 5.12. The predicted octanol–water partition coefficient (Wildman–Crippen LogP) is 2.31. The van der Waals surface area contributed by atoms with Crippen molar-refractivity contribution in [2.75, 3.05) is 13.2 Å². The molecule has 4 heteroatoms. The summed E-state index contributed by atoms with van der Waals surface area (Å²) in [5.41, 5.74) is 0. The van der Waals surface area contributed by atoms with Gasteiger partial charge < -0.3 is 8.92 Å². The Bertz CT molecular complexity index is 116. The molecule has 1 aliphatic rings. The first-order valence-corrected chi connectivity index (χ1v) is 5.94. The standard InChI is InChI=1S/C5H7IO2S/c6-9-8-5-2-1-3-7-4-5/h2H,1,3-4H2. The molecule has 0 aliphatic carbocycles. The van der Waals surface area contributed by atoms with Crippen molar-refractivity contribution >= 4 is 30.4 Å². The zero-order valence-electron chi connectivity index (χ0n) is 4.80. The second-order valence-electron chi connectivity index (χ2n) is 1.66. The first-order chi connectivity index (χ1) is 4.43. The van der Waals surface area contributed by atoms with Gasteiger partial charge in [-0.25, -0.2) is 0 Å². The summed E-state index contributed by atoms with van der Waals surface area (Å²) in [5.74, 6) is 0.945. The predicted molar refractivity (Wildman–Crippen MR) is 46.2 cm³/mol. The average molecular weight is 258 g/mol. The molecule has 52 valence electrons. The molecule has 1 aliphatic heterocycles. The molecule has 1 heterocycles. The van der Waals surface area contributed by atoms with Gasteiger partial charge in [0.2, 0.25) is 0 Å². The molecule has 0 amide bonds. The van der Waals surface area contributed by atoms with Crippen LogP contribution in [0.25, 0.3) is 0 Å². The van der Waals surface area contributed by atoms with Crippen LogP contribution in [0.5, 0.6) is 0 Å². The van der Waals surface area contributed by atoms with E-state index in [-0.39, 0.29) is 0 Å². The van der Waals surface area contributed by atoms with Crippen LogP contribution >= 0.6 is 30.4 Å². The topological polar surface area (TPSA) is 18.5 Å². The highest BCUT2D eigenvalue weighted by Crippen LogP contribution is 2.20. The molecule has 0 fully saturated rings. The molecular weight excluding hydrogens is 251 g/mol. The Morgan fingerprint density at radius 3 is 3.22 bits per heavy atom.